The molecule has 0 saturated carbocycles. The molecule has 1 aliphatic rings. The third-order valence-electron chi connectivity index (χ3n) is 3.10. The average Bonchev–Trinajstić information content (AvgIpc) is 3.02. The van der Waals surface area contributed by atoms with Crippen molar-refractivity contribution >= 4 is 40.9 Å². The lowest BCUT2D eigenvalue weighted by Gasteiger charge is -2.16. The summed E-state index contributed by atoms with van der Waals surface area (Å²) in [6, 6.07) is 5.24. The Bertz CT molecular complexity index is 704. The van der Waals surface area contributed by atoms with Gasteiger partial charge in [0.2, 0.25) is 11.8 Å². The van der Waals surface area contributed by atoms with Gasteiger partial charge in [0.05, 0.1) is 10.7 Å². The largest absolute Gasteiger partial charge is 0.274 e. The summed E-state index contributed by atoms with van der Waals surface area (Å²) in [6.45, 7) is 1.89. The van der Waals surface area contributed by atoms with Crippen LogP contribution in [0.2, 0.25) is 5.02 Å². The second-order valence-electron chi connectivity index (χ2n) is 4.62. The second-order valence-corrected chi connectivity index (χ2v) is 6.22. The number of nitrogens with one attached hydrogen (secondary N) is 1. The van der Waals surface area contributed by atoms with Crippen LogP contribution in [0.3, 0.4) is 0 Å². The molecule has 1 aromatic heterocycles. The van der Waals surface area contributed by atoms with Crippen LogP contribution in [-0.2, 0) is 9.59 Å². The number of rotatable bonds is 3. The summed E-state index contributed by atoms with van der Waals surface area (Å²) in [4.78, 5) is 29.7. The first kappa shape index (κ1) is 14.1. The number of halogens is 1. The number of carbonyl (C=O) groups excluding carboxylic acids is 2. The summed E-state index contributed by atoms with van der Waals surface area (Å²) < 4.78 is 0. The SMILES string of the molecule is Cc1ccc(N2C(=O)CC(Sc3ncn[nH]3)C2=O)c(Cl)c1. The van der Waals surface area contributed by atoms with E-state index in [9.17, 15) is 9.59 Å². The molecule has 21 heavy (non-hydrogen) atoms. The molecule has 0 aliphatic carbocycles. The zero-order chi connectivity index (χ0) is 15.0. The normalized spacial score (nSPS) is 18.6. The number of aromatic amines is 1. The fraction of sp³-hybridized carbons (Fsp3) is 0.231. The Kier molecular flexibility index (Phi) is 3.69. The second kappa shape index (κ2) is 5.50. The molecule has 0 bridgehead atoms. The zero-order valence-electron chi connectivity index (χ0n) is 11.0. The number of aromatic nitrogens is 3. The summed E-state index contributed by atoms with van der Waals surface area (Å²) in [5.41, 5.74) is 1.40. The number of aryl methyl sites for hydroxylation is 1. The standard InChI is InChI=1S/C13H11ClN4O2S/c1-7-2-3-9(8(14)4-7)18-11(19)5-10(12(18)20)21-13-15-6-16-17-13/h2-4,6,10H,5H2,1H3,(H,15,16,17). The van der Waals surface area contributed by atoms with Crippen LogP contribution in [0.5, 0.6) is 0 Å². The Morgan fingerprint density at radius 3 is 2.90 bits per heavy atom. The smallest absolute Gasteiger partial charge is 0.247 e. The molecule has 1 aromatic carbocycles. The van der Waals surface area contributed by atoms with E-state index < -0.39 is 5.25 Å². The van der Waals surface area contributed by atoms with Crippen LogP contribution in [0.1, 0.15) is 12.0 Å². The first-order valence-corrected chi connectivity index (χ1v) is 7.47. The van der Waals surface area contributed by atoms with Crippen molar-refractivity contribution in [2.45, 2.75) is 23.8 Å². The predicted octanol–water partition coefficient (Wildman–Crippen LogP) is 2.19. The molecule has 1 aliphatic heterocycles. The van der Waals surface area contributed by atoms with Gasteiger partial charge in [-0.2, -0.15) is 5.10 Å². The zero-order valence-corrected chi connectivity index (χ0v) is 12.6. The molecule has 1 fully saturated rings. The lowest BCUT2D eigenvalue weighted by Crippen LogP contribution is -2.31. The van der Waals surface area contributed by atoms with Crippen molar-refractivity contribution in [1.82, 2.24) is 15.2 Å². The number of benzene rings is 1. The van der Waals surface area contributed by atoms with Crippen LogP contribution in [0.4, 0.5) is 5.69 Å². The fourth-order valence-corrected chi connectivity index (χ4v) is 3.36. The maximum atomic E-state index is 12.4. The van der Waals surface area contributed by atoms with Gasteiger partial charge in [-0.15, -0.1) is 0 Å². The highest BCUT2D eigenvalue weighted by atomic mass is 35.5. The van der Waals surface area contributed by atoms with Gasteiger partial charge in [-0.05, 0) is 24.6 Å². The van der Waals surface area contributed by atoms with Crippen LogP contribution in [0.25, 0.3) is 0 Å². The minimum Gasteiger partial charge on any atom is -0.274 e. The Balaban J connectivity index is 1.86. The maximum Gasteiger partial charge on any atom is 0.247 e. The Hall–Kier alpha value is -1.86. The minimum atomic E-state index is -0.511. The van der Waals surface area contributed by atoms with E-state index in [4.69, 9.17) is 11.6 Å². The van der Waals surface area contributed by atoms with Crippen molar-refractivity contribution in [3.8, 4) is 0 Å². The van der Waals surface area contributed by atoms with Gasteiger partial charge in [-0.3, -0.25) is 14.7 Å². The predicted molar refractivity (Wildman–Crippen MR) is 79.3 cm³/mol. The molecule has 1 atom stereocenters. The molecule has 3 rings (SSSR count). The van der Waals surface area contributed by atoms with E-state index >= 15 is 0 Å². The Morgan fingerprint density at radius 2 is 2.24 bits per heavy atom. The van der Waals surface area contributed by atoms with Gasteiger partial charge in [-0.1, -0.05) is 29.4 Å². The van der Waals surface area contributed by atoms with E-state index in [0.29, 0.717) is 15.9 Å². The number of anilines is 1. The third-order valence-corrected chi connectivity index (χ3v) is 4.47. The number of carbonyl (C=O) groups is 2. The highest BCUT2D eigenvalue weighted by molar-refractivity contribution is 8.00. The highest BCUT2D eigenvalue weighted by Gasteiger charge is 2.41. The first-order valence-electron chi connectivity index (χ1n) is 6.21. The van der Waals surface area contributed by atoms with Gasteiger partial charge in [0.15, 0.2) is 5.16 Å². The minimum absolute atomic E-state index is 0.119. The Morgan fingerprint density at radius 1 is 1.43 bits per heavy atom. The van der Waals surface area contributed by atoms with Crippen molar-refractivity contribution in [3.63, 3.8) is 0 Å². The number of imide groups is 1. The van der Waals surface area contributed by atoms with E-state index in [1.807, 2.05) is 13.0 Å². The van der Waals surface area contributed by atoms with Crippen LogP contribution >= 0.6 is 23.4 Å². The lowest BCUT2D eigenvalue weighted by molar-refractivity contribution is -0.121. The molecule has 1 N–H and O–H groups in total. The molecule has 108 valence electrons. The van der Waals surface area contributed by atoms with Crippen LogP contribution in [-0.4, -0.2) is 32.2 Å². The molecule has 0 spiro atoms. The topological polar surface area (TPSA) is 79.0 Å². The monoisotopic (exact) mass is 322 g/mol. The molecule has 2 aromatic rings. The number of nitrogens with zero attached hydrogens (tertiary/aromatic N) is 3. The van der Waals surface area contributed by atoms with Crippen molar-refractivity contribution in [3.05, 3.63) is 35.1 Å². The fourth-order valence-electron chi connectivity index (χ4n) is 2.13. The summed E-state index contributed by atoms with van der Waals surface area (Å²) in [6.07, 6.45) is 1.48. The number of hydrogen-bond acceptors (Lipinski definition) is 5. The van der Waals surface area contributed by atoms with Crippen molar-refractivity contribution < 1.29 is 9.59 Å². The molecular formula is C13H11ClN4O2S. The van der Waals surface area contributed by atoms with E-state index in [2.05, 4.69) is 15.2 Å². The molecule has 2 heterocycles. The average molecular weight is 323 g/mol. The quantitative estimate of drug-likeness (QED) is 0.876. The number of amides is 2. The van der Waals surface area contributed by atoms with E-state index in [-0.39, 0.29) is 18.2 Å². The van der Waals surface area contributed by atoms with Gasteiger partial charge in [0.1, 0.15) is 11.6 Å². The summed E-state index contributed by atoms with van der Waals surface area (Å²) in [5.74, 6) is -0.546. The first-order chi connectivity index (χ1) is 10.1. The molecule has 6 nitrogen and oxygen atoms in total. The molecule has 1 saturated heterocycles. The molecular weight excluding hydrogens is 312 g/mol. The van der Waals surface area contributed by atoms with E-state index in [1.54, 1.807) is 12.1 Å². The Labute approximate surface area is 129 Å². The summed E-state index contributed by atoms with van der Waals surface area (Å²) >= 11 is 7.34. The molecule has 8 heteroatoms. The lowest BCUT2D eigenvalue weighted by atomic mass is 10.2. The third kappa shape index (κ3) is 2.66. The van der Waals surface area contributed by atoms with Gasteiger partial charge in [-0.25, -0.2) is 9.88 Å². The van der Waals surface area contributed by atoms with Crippen LogP contribution < -0.4 is 4.90 Å². The maximum absolute atomic E-state index is 12.4. The van der Waals surface area contributed by atoms with Gasteiger partial charge in [0.25, 0.3) is 0 Å². The van der Waals surface area contributed by atoms with Crippen molar-refractivity contribution in [2.75, 3.05) is 4.90 Å². The summed E-state index contributed by atoms with van der Waals surface area (Å²) in [5, 5.41) is 6.78. The van der Waals surface area contributed by atoms with Gasteiger partial charge in [0, 0.05) is 6.42 Å². The van der Waals surface area contributed by atoms with Gasteiger partial charge < -0.3 is 0 Å². The molecule has 1 unspecified atom stereocenters. The molecule has 0 radical (unpaired) electrons. The highest BCUT2D eigenvalue weighted by Crippen LogP contribution is 2.35. The van der Waals surface area contributed by atoms with Crippen molar-refractivity contribution in [2.24, 2.45) is 0 Å². The molecule has 2 amide bonds. The number of H-pyrrole nitrogens is 1. The van der Waals surface area contributed by atoms with Crippen LogP contribution in [0.15, 0.2) is 29.7 Å². The number of hydrogen-bond donors (Lipinski definition) is 1. The van der Waals surface area contributed by atoms with Crippen molar-refractivity contribution in [1.29, 1.82) is 0 Å². The summed E-state index contributed by atoms with van der Waals surface area (Å²) in [7, 11) is 0. The van der Waals surface area contributed by atoms with Crippen LogP contribution in [0, 0.1) is 6.92 Å². The number of thioether (sulfide) groups is 1. The van der Waals surface area contributed by atoms with E-state index in [0.717, 1.165) is 10.5 Å². The van der Waals surface area contributed by atoms with E-state index in [1.165, 1.54) is 18.1 Å². The van der Waals surface area contributed by atoms with Gasteiger partial charge >= 0.3 is 0 Å².